The molecule has 0 atom stereocenters. The molecule has 0 aromatic carbocycles. The van der Waals surface area contributed by atoms with E-state index in [1.54, 1.807) is 24.5 Å². The molecule has 0 unspecified atom stereocenters. The summed E-state index contributed by atoms with van der Waals surface area (Å²) in [6.45, 7) is 0. The summed E-state index contributed by atoms with van der Waals surface area (Å²) in [7, 11) is 1.63. The molecule has 0 amide bonds. The van der Waals surface area contributed by atoms with Crippen molar-refractivity contribution in [3.8, 4) is 10.6 Å². The highest BCUT2D eigenvalue weighted by molar-refractivity contribution is 7.13. The molecular weight excluding hydrogens is 200 g/mol. The summed E-state index contributed by atoms with van der Waals surface area (Å²) in [4.78, 5) is 11.7. The van der Waals surface area contributed by atoms with E-state index in [4.69, 9.17) is 5.11 Å². The lowest BCUT2D eigenvalue weighted by molar-refractivity contribution is 0.0685. The van der Waals surface area contributed by atoms with Crippen molar-refractivity contribution >= 4 is 17.3 Å². The molecule has 0 spiro atoms. The van der Waals surface area contributed by atoms with Crippen LogP contribution in [0.5, 0.6) is 0 Å². The number of hydrogen-bond donors (Lipinski definition) is 1. The number of carboxylic acids is 1. The highest BCUT2D eigenvalue weighted by Crippen LogP contribution is 2.23. The monoisotopic (exact) mass is 208 g/mol. The summed E-state index contributed by atoms with van der Waals surface area (Å²) in [5.41, 5.74) is 0.910. The second kappa shape index (κ2) is 3.26. The molecule has 4 nitrogen and oxygen atoms in total. The third-order valence-electron chi connectivity index (χ3n) is 1.87. The second-order valence-electron chi connectivity index (χ2n) is 2.82. The largest absolute Gasteiger partial charge is 0.477 e. The minimum Gasteiger partial charge on any atom is -0.477 e. The van der Waals surface area contributed by atoms with Crippen LogP contribution in [0.4, 0.5) is 0 Å². The van der Waals surface area contributed by atoms with Gasteiger partial charge in [-0.15, -0.1) is 11.3 Å². The van der Waals surface area contributed by atoms with Crippen LogP contribution >= 0.6 is 11.3 Å². The van der Waals surface area contributed by atoms with Gasteiger partial charge in [0.2, 0.25) is 0 Å². The number of rotatable bonds is 2. The molecule has 2 aromatic rings. The molecule has 2 rings (SSSR count). The lowest BCUT2D eigenvalue weighted by Gasteiger charge is -1.91. The molecule has 5 heteroatoms. The van der Waals surface area contributed by atoms with Crippen LogP contribution in [-0.2, 0) is 7.05 Å². The van der Waals surface area contributed by atoms with Gasteiger partial charge in [-0.25, -0.2) is 4.79 Å². The molecule has 0 radical (unpaired) electrons. The zero-order valence-corrected chi connectivity index (χ0v) is 8.28. The molecule has 0 aliphatic rings. The number of nitrogens with zero attached hydrogens (tertiary/aromatic N) is 2. The molecule has 0 saturated heterocycles. The van der Waals surface area contributed by atoms with E-state index in [2.05, 4.69) is 5.10 Å². The van der Waals surface area contributed by atoms with E-state index in [9.17, 15) is 4.79 Å². The summed E-state index contributed by atoms with van der Waals surface area (Å²) in [6.07, 6.45) is 0. The predicted molar refractivity (Wildman–Crippen MR) is 53.5 cm³/mol. The van der Waals surface area contributed by atoms with Crippen molar-refractivity contribution < 1.29 is 9.90 Å². The maximum Gasteiger partial charge on any atom is 0.354 e. The van der Waals surface area contributed by atoms with Crippen LogP contribution in [0.15, 0.2) is 23.6 Å². The molecule has 0 saturated carbocycles. The van der Waals surface area contributed by atoms with E-state index in [-0.39, 0.29) is 5.69 Å². The fraction of sp³-hybridized carbons (Fsp3) is 0.111. The van der Waals surface area contributed by atoms with E-state index in [0.717, 1.165) is 4.88 Å². The SMILES string of the molecule is Cn1nc(-c2cccs2)cc1C(=O)O. The Morgan fingerprint density at radius 3 is 2.93 bits per heavy atom. The van der Waals surface area contributed by atoms with Crippen molar-refractivity contribution in [2.75, 3.05) is 0 Å². The first kappa shape index (κ1) is 8.96. The Balaban J connectivity index is 2.48. The first-order valence-electron chi connectivity index (χ1n) is 3.99. The number of aryl methyl sites for hydroxylation is 1. The van der Waals surface area contributed by atoms with Gasteiger partial charge in [-0.05, 0) is 17.5 Å². The highest BCUT2D eigenvalue weighted by atomic mass is 32.1. The zero-order valence-electron chi connectivity index (χ0n) is 7.47. The van der Waals surface area contributed by atoms with Crippen molar-refractivity contribution in [3.63, 3.8) is 0 Å². The van der Waals surface area contributed by atoms with Crippen LogP contribution in [0.2, 0.25) is 0 Å². The lowest BCUT2D eigenvalue weighted by atomic mass is 10.3. The van der Waals surface area contributed by atoms with E-state index in [0.29, 0.717) is 5.69 Å². The van der Waals surface area contributed by atoms with Gasteiger partial charge in [0.15, 0.2) is 0 Å². The normalized spacial score (nSPS) is 10.4. The van der Waals surface area contributed by atoms with Gasteiger partial charge in [-0.1, -0.05) is 6.07 Å². The fourth-order valence-corrected chi connectivity index (χ4v) is 1.89. The molecular formula is C9H8N2O2S. The summed E-state index contributed by atoms with van der Waals surface area (Å²) < 4.78 is 1.37. The smallest absolute Gasteiger partial charge is 0.354 e. The number of thiophene rings is 1. The maximum atomic E-state index is 10.7. The average molecular weight is 208 g/mol. The van der Waals surface area contributed by atoms with Crippen LogP contribution in [0, 0.1) is 0 Å². The van der Waals surface area contributed by atoms with Gasteiger partial charge in [0.1, 0.15) is 11.4 Å². The van der Waals surface area contributed by atoms with Gasteiger partial charge >= 0.3 is 5.97 Å². The number of hydrogen-bond acceptors (Lipinski definition) is 3. The molecule has 2 aromatic heterocycles. The molecule has 2 heterocycles. The molecule has 1 N–H and O–H groups in total. The van der Waals surface area contributed by atoms with E-state index in [1.165, 1.54) is 4.68 Å². The Bertz CT molecular complexity index is 459. The van der Waals surface area contributed by atoms with Crippen LogP contribution < -0.4 is 0 Å². The highest BCUT2D eigenvalue weighted by Gasteiger charge is 2.12. The van der Waals surface area contributed by atoms with Gasteiger partial charge in [-0.2, -0.15) is 5.10 Å². The third-order valence-corrected chi connectivity index (χ3v) is 2.76. The number of aromatic carboxylic acids is 1. The van der Waals surface area contributed by atoms with Crippen molar-refractivity contribution in [1.29, 1.82) is 0 Å². The van der Waals surface area contributed by atoms with Gasteiger partial charge in [-0.3, -0.25) is 4.68 Å². The van der Waals surface area contributed by atoms with Gasteiger partial charge < -0.3 is 5.11 Å². The standard InChI is InChI=1S/C9H8N2O2S/c1-11-7(9(12)13)5-6(10-11)8-3-2-4-14-8/h2-5H,1H3,(H,12,13). The summed E-state index contributed by atoms with van der Waals surface area (Å²) in [5, 5.41) is 14.9. The third kappa shape index (κ3) is 1.42. The quantitative estimate of drug-likeness (QED) is 0.819. The van der Waals surface area contributed by atoms with E-state index in [1.807, 2.05) is 17.5 Å². The molecule has 0 aliphatic heterocycles. The lowest BCUT2D eigenvalue weighted by Crippen LogP contribution is -2.04. The average Bonchev–Trinajstić information content (AvgIpc) is 2.70. The van der Waals surface area contributed by atoms with Gasteiger partial charge in [0.05, 0.1) is 4.88 Å². The molecule has 0 bridgehead atoms. The van der Waals surface area contributed by atoms with Crippen LogP contribution in [0.1, 0.15) is 10.5 Å². The minimum atomic E-state index is -0.956. The van der Waals surface area contributed by atoms with Crippen molar-refractivity contribution in [2.45, 2.75) is 0 Å². The summed E-state index contributed by atoms with van der Waals surface area (Å²) in [5.74, 6) is -0.956. The number of carboxylic acid groups (broad SMARTS) is 1. The molecule has 0 aliphatic carbocycles. The van der Waals surface area contributed by atoms with Crippen LogP contribution in [0.3, 0.4) is 0 Å². The maximum absolute atomic E-state index is 10.7. The summed E-state index contributed by atoms with van der Waals surface area (Å²) in [6, 6.07) is 5.40. The minimum absolute atomic E-state index is 0.202. The van der Waals surface area contributed by atoms with Crippen molar-refractivity contribution in [3.05, 3.63) is 29.3 Å². The number of carbonyl (C=O) groups is 1. The number of aromatic nitrogens is 2. The van der Waals surface area contributed by atoms with E-state index < -0.39 is 5.97 Å². The fourth-order valence-electron chi connectivity index (χ4n) is 1.21. The van der Waals surface area contributed by atoms with Crippen LogP contribution in [0.25, 0.3) is 10.6 Å². The Hall–Kier alpha value is -1.62. The zero-order chi connectivity index (χ0) is 10.1. The second-order valence-corrected chi connectivity index (χ2v) is 3.77. The Labute approximate surface area is 84.4 Å². The first-order chi connectivity index (χ1) is 6.68. The molecule has 72 valence electrons. The molecule has 0 fully saturated rings. The first-order valence-corrected chi connectivity index (χ1v) is 4.87. The molecule has 14 heavy (non-hydrogen) atoms. The Morgan fingerprint density at radius 2 is 2.43 bits per heavy atom. The van der Waals surface area contributed by atoms with Crippen LogP contribution in [-0.4, -0.2) is 20.9 Å². The Kier molecular flexibility index (Phi) is 2.09. The van der Waals surface area contributed by atoms with Gasteiger partial charge in [0, 0.05) is 7.05 Å². The van der Waals surface area contributed by atoms with Crippen molar-refractivity contribution in [2.24, 2.45) is 7.05 Å². The summed E-state index contributed by atoms with van der Waals surface area (Å²) >= 11 is 1.54. The Morgan fingerprint density at radius 1 is 1.64 bits per heavy atom. The van der Waals surface area contributed by atoms with Crippen molar-refractivity contribution in [1.82, 2.24) is 9.78 Å². The van der Waals surface area contributed by atoms with E-state index >= 15 is 0 Å². The predicted octanol–water partition coefficient (Wildman–Crippen LogP) is 1.85. The topological polar surface area (TPSA) is 55.1 Å². The van der Waals surface area contributed by atoms with Gasteiger partial charge in [0.25, 0.3) is 0 Å².